The SMILES string of the molecule is COc1nc2ccccc2cc1-c1cnc([C@@H]2C[C@H](NC3CCOC3)CCN2C(C)=O)[nH]1. The number of para-hydroxylation sites is 1. The van der Waals surface area contributed by atoms with Crippen LogP contribution in [0.5, 0.6) is 5.88 Å². The first-order chi connectivity index (χ1) is 15.6. The maximum absolute atomic E-state index is 12.4. The lowest BCUT2D eigenvalue weighted by molar-refractivity contribution is -0.133. The summed E-state index contributed by atoms with van der Waals surface area (Å²) in [7, 11) is 1.62. The number of carbonyl (C=O) groups excluding carboxylic acids is 1. The van der Waals surface area contributed by atoms with Gasteiger partial charge in [0, 0.05) is 37.5 Å². The minimum atomic E-state index is -0.103. The molecule has 0 aliphatic carbocycles. The van der Waals surface area contributed by atoms with Gasteiger partial charge in [0.25, 0.3) is 0 Å². The van der Waals surface area contributed by atoms with Gasteiger partial charge in [0.15, 0.2) is 0 Å². The number of ether oxygens (including phenoxy) is 2. The van der Waals surface area contributed by atoms with E-state index in [2.05, 4.69) is 26.3 Å². The van der Waals surface area contributed by atoms with E-state index >= 15 is 0 Å². The van der Waals surface area contributed by atoms with Gasteiger partial charge in [-0.15, -0.1) is 0 Å². The molecule has 2 aromatic heterocycles. The highest BCUT2D eigenvalue weighted by molar-refractivity contribution is 5.85. The summed E-state index contributed by atoms with van der Waals surface area (Å²) < 4.78 is 11.1. The number of pyridine rings is 1. The van der Waals surface area contributed by atoms with Crippen LogP contribution in [-0.4, -0.2) is 64.7 Å². The lowest BCUT2D eigenvalue weighted by atomic mass is 9.95. The molecule has 1 aromatic carbocycles. The summed E-state index contributed by atoms with van der Waals surface area (Å²) in [6.45, 7) is 3.92. The van der Waals surface area contributed by atoms with Gasteiger partial charge < -0.3 is 24.7 Å². The first kappa shape index (κ1) is 20.9. The van der Waals surface area contributed by atoms with E-state index in [1.807, 2.05) is 35.4 Å². The van der Waals surface area contributed by atoms with Gasteiger partial charge in [-0.1, -0.05) is 18.2 Å². The van der Waals surface area contributed by atoms with Crippen LogP contribution in [0.1, 0.15) is 38.1 Å². The third kappa shape index (κ3) is 4.08. The van der Waals surface area contributed by atoms with Crippen LogP contribution in [-0.2, 0) is 9.53 Å². The molecule has 168 valence electrons. The zero-order chi connectivity index (χ0) is 22.1. The Morgan fingerprint density at radius 1 is 1.28 bits per heavy atom. The van der Waals surface area contributed by atoms with E-state index in [1.54, 1.807) is 14.0 Å². The Balaban J connectivity index is 1.43. The van der Waals surface area contributed by atoms with Crippen molar-refractivity contribution in [1.82, 2.24) is 25.2 Å². The van der Waals surface area contributed by atoms with E-state index in [0.717, 1.165) is 60.5 Å². The number of amides is 1. The van der Waals surface area contributed by atoms with Crippen LogP contribution in [0, 0.1) is 0 Å². The molecule has 4 heterocycles. The maximum atomic E-state index is 12.4. The molecule has 1 amide bonds. The van der Waals surface area contributed by atoms with E-state index in [9.17, 15) is 4.79 Å². The molecular formula is C24H29N5O3. The van der Waals surface area contributed by atoms with Crippen LogP contribution in [0.4, 0.5) is 0 Å². The van der Waals surface area contributed by atoms with Crippen molar-refractivity contribution in [2.45, 2.75) is 44.3 Å². The second-order valence-electron chi connectivity index (χ2n) is 8.60. The molecule has 0 saturated carbocycles. The number of imidazole rings is 1. The van der Waals surface area contributed by atoms with Gasteiger partial charge in [-0.25, -0.2) is 9.97 Å². The molecule has 2 N–H and O–H groups in total. The summed E-state index contributed by atoms with van der Waals surface area (Å²) in [5, 5.41) is 4.75. The number of methoxy groups -OCH3 is 1. The molecule has 2 aliphatic rings. The fourth-order valence-electron chi connectivity index (χ4n) is 4.84. The van der Waals surface area contributed by atoms with Crippen LogP contribution in [0.3, 0.4) is 0 Å². The van der Waals surface area contributed by atoms with E-state index in [-0.39, 0.29) is 11.9 Å². The quantitative estimate of drug-likeness (QED) is 0.640. The van der Waals surface area contributed by atoms with Crippen molar-refractivity contribution in [2.75, 3.05) is 26.9 Å². The Hall–Kier alpha value is -2.97. The first-order valence-corrected chi connectivity index (χ1v) is 11.2. The van der Waals surface area contributed by atoms with E-state index in [4.69, 9.17) is 9.47 Å². The number of fused-ring (bicyclic) bond motifs is 1. The summed E-state index contributed by atoms with van der Waals surface area (Å²) >= 11 is 0. The molecule has 3 atom stereocenters. The highest BCUT2D eigenvalue weighted by Crippen LogP contribution is 2.34. The number of hydrogen-bond donors (Lipinski definition) is 2. The number of H-pyrrole nitrogens is 1. The van der Waals surface area contributed by atoms with Crippen molar-refractivity contribution >= 4 is 16.8 Å². The molecule has 32 heavy (non-hydrogen) atoms. The highest BCUT2D eigenvalue weighted by atomic mass is 16.5. The molecule has 2 aliphatic heterocycles. The second-order valence-corrected chi connectivity index (χ2v) is 8.60. The lowest BCUT2D eigenvalue weighted by Gasteiger charge is -2.39. The fourth-order valence-corrected chi connectivity index (χ4v) is 4.84. The van der Waals surface area contributed by atoms with Gasteiger partial charge in [0.1, 0.15) is 5.82 Å². The molecule has 5 rings (SSSR count). The number of nitrogens with one attached hydrogen (secondary N) is 2. The Morgan fingerprint density at radius 3 is 2.94 bits per heavy atom. The maximum Gasteiger partial charge on any atom is 0.223 e. The van der Waals surface area contributed by atoms with Crippen molar-refractivity contribution in [3.8, 4) is 17.1 Å². The van der Waals surface area contributed by atoms with Crippen LogP contribution in [0.2, 0.25) is 0 Å². The predicted molar refractivity (Wildman–Crippen MR) is 121 cm³/mol. The van der Waals surface area contributed by atoms with Crippen molar-refractivity contribution in [3.05, 3.63) is 42.4 Å². The zero-order valence-corrected chi connectivity index (χ0v) is 18.5. The Morgan fingerprint density at radius 2 is 2.16 bits per heavy atom. The third-order valence-corrected chi connectivity index (χ3v) is 6.49. The molecule has 8 heteroatoms. The number of hydrogen-bond acceptors (Lipinski definition) is 6. The summed E-state index contributed by atoms with van der Waals surface area (Å²) in [5.41, 5.74) is 2.57. The monoisotopic (exact) mass is 435 g/mol. The number of carbonyl (C=O) groups is 1. The minimum absolute atomic E-state index is 0.0700. The van der Waals surface area contributed by atoms with E-state index < -0.39 is 0 Å². The number of benzene rings is 1. The van der Waals surface area contributed by atoms with Crippen LogP contribution < -0.4 is 10.1 Å². The summed E-state index contributed by atoms with van der Waals surface area (Å²) in [6.07, 6.45) is 4.60. The Bertz CT molecular complexity index is 1110. The number of likely N-dealkylation sites (tertiary alicyclic amines) is 1. The van der Waals surface area contributed by atoms with Crippen molar-refractivity contribution in [2.24, 2.45) is 0 Å². The Kier molecular flexibility index (Phi) is 5.80. The van der Waals surface area contributed by atoms with Gasteiger partial charge in [0.05, 0.1) is 42.7 Å². The number of aromatic amines is 1. The molecule has 2 fully saturated rings. The minimum Gasteiger partial charge on any atom is -0.480 e. The highest BCUT2D eigenvalue weighted by Gasteiger charge is 2.34. The molecule has 0 spiro atoms. The van der Waals surface area contributed by atoms with Crippen LogP contribution in [0.15, 0.2) is 36.5 Å². The average Bonchev–Trinajstić information content (AvgIpc) is 3.50. The van der Waals surface area contributed by atoms with Gasteiger partial charge in [-0.3, -0.25) is 4.79 Å². The van der Waals surface area contributed by atoms with E-state index in [1.165, 1.54) is 0 Å². The van der Waals surface area contributed by atoms with Crippen molar-refractivity contribution in [3.63, 3.8) is 0 Å². The molecule has 2 saturated heterocycles. The molecule has 0 radical (unpaired) electrons. The fraction of sp³-hybridized carbons (Fsp3) is 0.458. The number of aromatic nitrogens is 3. The van der Waals surface area contributed by atoms with Crippen molar-refractivity contribution < 1.29 is 14.3 Å². The summed E-state index contributed by atoms with van der Waals surface area (Å²) in [5.74, 6) is 1.41. The number of nitrogens with zero attached hydrogens (tertiary/aromatic N) is 3. The van der Waals surface area contributed by atoms with Gasteiger partial charge in [-0.2, -0.15) is 0 Å². The average molecular weight is 436 g/mol. The lowest BCUT2D eigenvalue weighted by Crippen LogP contribution is -2.49. The van der Waals surface area contributed by atoms with Gasteiger partial charge >= 0.3 is 0 Å². The smallest absolute Gasteiger partial charge is 0.223 e. The van der Waals surface area contributed by atoms with Crippen LogP contribution >= 0.6 is 0 Å². The molecular weight excluding hydrogens is 406 g/mol. The Labute approximate surface area is 187 Å². The predicted octanol–water partition coefficient (Wildman–Crippen LogP) is 3.06. The second kappa shape index (κ2) is 8.88. The molecule has 8 nitrogen and oxygen atoms in total. The van der Waals surface area contributed by atoms with E-state index in [0.29, 0.717) is 24.5 Å². The topological polar surface area (TPSA) is 92.4 Å². The number of piperidine rings is 1. The molecule has 0 bridgehead atoms. The number of rotatable bonds is 5. The van der Waals surface area contributed by atoms with Crippen LogP contribution in [0.25, 0.3) is 22.2 Å². The first-order valence-electron chi connectivity index (χ1n) is 11.2. The normalized spacial score (nSPS) is 23.6. The zero-order valence-electron chi connectivity index (χ0n) is 18.5. The van der Waals surface area contributed by atoms with Gasteiger partial charge in [-0.05, 0) is 31.4 Å². The standard InChI is InChI=1S/C24H29N5O3/c1-15(30)29-9-7-17(26-18-8-10-32-14-18)12-22(29)23-25-13-21(27-23)19-11-16-5-3-4-6-20(16)28-24(19)31-2/h3-6,11,13,17-18,22,26H,7-10,12,14H2,1-2H3,(H,25,27)/t17-,18?,22+/m1/s1. The third-order valence-electron chi connectivity index (χ3n) is 6.49. The molecule has 3 aromatic rings. The van der Waals surface area contributed by atoms with Crippen molar-refractivity contribution in [1.29, 1.82) is 0 Å². The summed E-state index contributed by atoms with van der Waals surface area (Å²) in [6, 6.07) is 10.6. The molecule has 1 unspecified atom stereocenters. The largest absolute Gasteiger partial charge is 0.480 e. The summed E-state index contributed by atoms with van der Waals surface area (Å²) in [4.78, 5) is 27.1. The van der Waals surface area contributed by atoms with Gasteiger partial charge in [0.2, 0.25) is 11.8 Å².